The Kier molecular flexibility index (Phi) is 16.9. The first kappa shape index (κ1) is 35.8. The lowest BCUT2D eigenvalue weighted by Crippen LogP contribution is -2.38. The van der Waals surface area contributed by atoms with Gasteiger partial charge in [-0.3, -0.25) is 4.79 Å². The topological polar surface area (TPSA) is 108 Å². The number of hydrogen-bond donors (Lipinski definition) is 3. The van der Waals surface area contributed by atoms with Crippen molar-refractivity contribution in [3.8, 4) is 11.8 Å². The molecule has 2 rings (SSSR count). The van der Waals surface area contributed by atoms with Crippen molar-refractivity contribution in [2.24, 2.45) is 5.73 Å². The molecule has 42 heavy (non-hydrogen) atoms. The number of carbonyl (C=O) groups excluding carboxylic acids is 1. The molecule has 0 saturated carbocycles. The summed E-state index contributed by atoms with van der Waals surface area (Å²) in [5, 5.41) is 21.0. The molecule has 2 aromatic rings. The molecule has 6 nitrogen and oxygen atoms in total. The Bertz CT molecular complexity index is 1310. The van der Waals surface area contributed by atoms with Crippen LogP contribution >= 0.6 is 0 Å². The number of allylic oxidation sites excluding steroid dienone is 8. The predicted octanol–water partition coefficient (Wildman–Crippen LogP) is 7.07. The molecule has 0 bridgehead atoms. The fourth-order valence-electron chi connectivity index (χ4n) is 3.89. The van der Waals surface area contributed by atoms with Gasteiger partial charge in [0.15, 0.2) is 0 Å². The molecule has 1 atom stereocenters. The highest BCUT2D eigenvalue weighted by atomic mass is 16.5. The Morgan fingerprint density at radius 1 is 1.14 bits per heavy atom. The van der Waals surface area contributed by atoms with Gasteiger partial charge < -0.3 is 20.9 Å². The van der Waals surface area contributed by atoms with Gasteiger partial charge in [0.05, 0.1) is 18.3 Å². The summed E-state index contributed by atoms with van der Waals surface area (Å²) >= 11 is 0. The highest BCUT2D eigenvalue weighted by Gasteiger charge is 2.16. The number of amides is 1. The molecule has 0 spiro atoms. The number of aliphatic hydroxyl groups excluding tert-OH is 1. The molecular weight excluding hydrogens is 522 g/mol. The Morgan fingerprint density at radius 3 is 2.33 bits per heavy atom. The van der Waals surface area contributed by atoms with Gasteiger partial charge in [-0.2, -0.15) is 5.26 Å². The highest BCUT2D eigenvalue weighted by molar-refractivity contribution is 5.95. The maximum atomic E-state index is 12.8. The zero-order valence-electron chi connectivity index (χ0n) is 26.0. The van der Waals surface area contributed by atoms with E-state index in [0.29, 0.717) is 36.3 Å². The third-order valence-electron chi connectivity index (χ3n) is 6.26. The Morgan fingerprint density at radius 2 is 1.81 bits per heavy atom. The van der Waals surface area contributed by atoms with Crippen LogP contribution in [0.15, 0.2) is 96.6 Å². The maximum absolute atomic E-state index is 12.8. The number of nitrogens with two attached hydrogens (primary N) is 1. The molecule has 0 heterocycles. The van der Waals surface area contributed by atoms with Crippen molar-refractivity contribution in [3.05, 3.63) is 119 Å². The lowest BCUT2D eigenvalue weighted by molar-refractivity contribution is 0.0935. The fraction of sp³-hybridized carbons (Fsp3) is 0.333. The van der Waals surface area contributed by atoms with Crippen molar-refractivity contribution in [3.63, 3.8) is 0 Å². The molecular formula is C36H47N3O3. The van der Waals surface area contributed by atoms with E-state index in [2.05, 4.69) is 55.2 Å². The van der Waals surface area contributed by atoms with Gasteiger partial charge in [0.1, 0.15) is 11.8 Å². The van der Waals surface area contributed by atoms with Gasteiger partial charge in [0.25, 0.3) is 5.91 Å². The smallest absolute Gasteiger partial charge is 0.251 e. The van der Waals surface area contributed by atoms with E-state index in [4.69, 9.17) is 15.6 Å². The predicted molar refractivity (Wildman–Crippen MR) is 175 cm³/mol. The van der Waals surface area contributed by atoms with Gasteiger partial charge in [-0.1, -0.05) is 72.9 Å². The Balaban J connectivity index is 0.000000619. The summed E-state index contributed by atoms with van der Waals surface area (Å²) in [7, 11) is 0. The van der Waals surface area contributed by atoms with Crippen molar-refractivity contribution >= 4 is 11.5 Å². The van der Waals surface area contributed by atoms with Gasteiger partial charge in [0, 0.05) is 11.6 Å². The second kappa shape index (κ2) is 19.8. The number of nitrogens with zero attached hydrogens (tertiary/aromatic N) is 1. The van der Waals surface area contributed by atoms with Crippen molar-refractivity contribution < 1.29 is 14.6 Å². The average molecular weight is 570 g/mol. The van der Waals surface area contributed by atoms with Crippen molar-refractivity contribution in [2.45, 2.75) is 66.5 Å². The molecule has 0 aliphatic rings. The van der Waals surface area contributed by atoms with Crippen LogP contribution in [-0.2, 0) is 6.42 Å². The number of aliphatic hydroxyl groups is 1. The van der Waals surface area contributed by atoms with E-state index in [0.717, 1.165) is 16.7 Å². The minimum atomic E-state index is -0.220. The van der Waals surface area contributed by atoms with Crippen molar-refractivity contribution in [1.82, 2.24) is 5.32 Å². The molecule has 224 valence electrons. The minimum Gasteiger partial charge on any atom is -0.490 e. The molecule has 2 aromatic carbocycles. The van der Waals surface area contributed by atoms with Crippen LogP contribution in [0.25, 0.3) is 5.57 Å². The van der Waals surface area contributed by atoms with E-state index < -0.39 is 0 Å². The number of rotatable bonds is 13. The molecule has 0 aromatic heterocycles. The fourth-order valence-corrected chi connectivity index (χ4v) is 3.89. The first-order chi connectivity index (χ1) is 20.1. The van der Waals surface area contributed by atoms with Gasteiger partial charge >= 0.3 is 0 Å². The molecule has 1 amide bonds. The van der Waals surface area contributed by atoms with E-state index >= 15 is 0 Å². The lowest BCUT2D eigenvalue weighted by Gasteiger charge is -2.19. The average Bonchev–Trinajstić information content (AvgIpc) is 2.97. The first-order valence-electron chi connectivity index (χ1n) is 14.3. The van der Waals surface area contributed by atoms with Crippen LogP contribution in [0, 0.1) is 11.3 Å². The number of ether oxygens (including phenoxy) is 1. The summed E-state index contributed by atoms with van der Waals surface area (Å²) in [6.45, 7) is 16.2. The standard InChI is InChI=1S/C25H31N3O2.C11H16O/c1-5-18(4)20-8-6-19(7-9-20)14-23(12-13-26)28-25(29)21-10-11-24(30-17(2)3)22(15-21)16-27;1-4-5-7-11(10(2)3)8-6-9-12/h5-11,15,17,23H,12-14,26H2,1-4H3,(H,28,29);4-8,12H,2,9H2,1,3H3/b18-5+;5-4-,8-6+,11-7-. The summed E-state index contributed by atoms with van der Waals surface area (Å²) < 4.78 is 5.63. The van der Waals surface area contributed by atoms with Crippen LogP contribution < -0.4 is 15.8 Å². The number of hydrogen-bond acceptors (Lipinski definition) is 5. The Labute approximate surface area is 252 Å². The lowest BCUT2D eigenvalue weighted by atomic mass is 9.99. The molecule has 0 aliphatic carbocycles. The molecule has 0 fully saturated rings. The molecule has 4 N–H and O–H groups in total. The normalized spacial score (nSPS) is 12.6. The van der Waals surface area contributed by atoms with E-state index in [-0.39, 0.29) is 24.7 Å². The summed E-state index contributed by atoms with van der Waals surface area (Å²) in [5.74, 6) is 0.265. The number of carbonyl (C=O) groups is 1. The van der Waals surface area contributed by atoms with E-state index in [1.165, 1.54) is 11.1 Å². The second-order valence-electron chi connectivity index (χ2n) is 10.1. The number of nitrogens with one attached hydrogen (secondary N) is 1. The summed E-state index contributed by atoms with van der Waals surface area (Å²) in [6.07, 6.45) is 12.8. The SMILES string of the molecule is C/C=C(\C)c1ccc(CC(CCN)NC(=O)c2ccc(OC(C)C)c(C#N)c2)cc1.C=C(C)C(=C\C=C/C)/C=C/CO. The second-order valence-corrected chi connectivity index (χ2v) is 10.1. The van der Waals surface area contributed by atoms with Gasteiger partial charge in [-0.15, -0.1) is 0 Å². The first-order valence-corrected chi connectivity index (χ1v) is 14.3. The van der Waals surface area contributed by atoms with Crippen LogP contribution in [0.2, 0.25) is 0 Å². The molecule has 0 aliphatic heterocycles. The number of nitriles is 1. The third-order valence-corrected chi connectivity index (χ3v) is 6.26. The van der Waals surface area contributed by atoms with Crippen molar-refractivity contribution in [1.29, 1.82) is 5.26 Å². The third kappa shape index (κ3) is 13.0. The Hall–Kier alpha value is -4.18. The monoisotopic (exact) mass is 569 g/mol. The highest BCUT2D eigenvalue weighted by Crippen LogP contribution is 2.21. The minimum absolute atomic E-state index is 0.0475. The molecule has 0 radical (unpaired) electrons. The van der Waals surface area contributed by atoms with Crippen LogP contribution in [0.5, 0.6) is 5.75 Å². The van der Waals surface area contributed by atoms with E-state index in [1.54, 1.807) is 24.3 Å². The van der Waals surface area contributed by atoms with Gasteiger partial charge in [-0.25, -0.2) is 0 Å². The van der Waals surface area contributed by atoms with Crippen LogP contribution in [0.3, 0.4) is 0 Å². The van der Waals surface area contributed by atoms with Crippen LogP contribution in [0.1, 0.15) is 75.0 Å². The van der Waals surface area contributed by atoms with E-state index in [9.17, 15) is 10.1 Å². The zero-order valence-corrected chi connectivity index (χ0v) is 26.0. The number of benzene rings is 2. The van der Waals surface area contributed by atoms with E-state index in [1.807, 2.05) is 58.9 Å². The van der Waals surface area contributed by atoms with Crippen LogP contribution in [-0.4, -0.2) is 36.3 Å². The summed E-state index contributed by atoms with van der Waals surface area (Å²) in [4.78, 5) is 12.8. The van der Waals surface area contributed by atoms with Crippen molar-refractivity contribution in [2.75, 3.05) is 13.2 Å². The molecule has 1 unspecified atom stereocenters. The quantitative estimate of drug-likeness (QED) is 0.224. The molecule has 0 saturated heterocycles. The molecule has 6 heteroatoms. The maximum Gasteiger partial charge on any atom is 0.251 e. The van der Waals surface area contributed by atoms with Crippen LogP contribution in [0.4, 0.5) is 0 Å². The van der Waals surface area contributed by atoms with Gasteiger partial charge in [-0.05, 0) is 101 Å². The zero-order chi connectivity index (χ0) is 31.5. The summed E-state index contributed by atoms with van der Waals surface area (Å²) in [5.41, 5.74) is 12.2. The largest absolute Gasteiger partial charge is 0.490 e. The summed E-state index contributed by atoms with van der Waals surface area (Å²) in [6, 6.07) is 15.3. The van der Waals surface area contributed by atoms with Gasteiger partial charge in [0.2, 0.25) is 0 Å².